The van der Waals surface area contributed by atoms with Gasteiger partial charge in [0.15, 0.2) is 5.75 Å². The van der Waals surface area contributed by atoms with Gasteiger partial charge >= 0.3 is 0 Å². The molecule has 0 amide bonds. The normalized spacial score (nSPS) is 10.2. The fourth-order valence-corrected chi connectivity index (χ4v) is 1.44. The monoisotopic (exact) mass is 232 g/mol. The molecule has 0 fully saturated rings. The second-order valence-corrected chi connectivity index (χ2v) is 3.53. The van der Waals surface area contributed by atoms with Gasteiger partial charge in [-0.25, -0.2) is 0 Å². The SMILES string of the molecule is CCNc1cccc(Oc2cnn(CC)c2)n1. The van der Waals surface area contributed by atoms with E-state index in [1.807, 2.05) is 42.9 Å². The highest BCUT2D eigenvalue weighted by molar-refractivity contribution is 5.37. The van der Waals surface area contributed by atoms with Crippen molar-refractivity contribution < 1.29 is 4.74 Å². The molecular formula is C12H16N4O. The summed E-state index contributed by atoms with van der Waals surface area (Å²) in [5.74, 6) is 2.08. The Hall–Kier alpha value is -2.04. The maximum absolute atomic E-state index is 5.61. The van der Waals surface area contributed by atoms with Crippen LogP contribution in [0, 0.1) is 0 Å². The number of ether oxygens (including phenoxy) is 1. The molecule has 0 aliphatic rings. The fraction of sp³-hybridized carbons (Fsp3) is 0.333. The Morgan fingerprint density at radius 1 is 1.35 bits per heavy atom. The summed E-state index contributed by atoms with van der Waals surface area (Å²) >= 11 is 0. The molecule has 2 aromatic heterocycles. The smallest absolute Gasteiger partial charge is 0.221 e. The Morgan fingerprint density at radius 2 is 2.24 bits per heavy atom. The highest BCUT2D eigenvalue weighted by Crippen LogP contribution is 2.19. The van der Waals surface area contributed by atoms with Gasteiger partial charge in [0, 0.05) is 19.2 Å². The summed E-state index contributed by atoms with van der Waals surface area (Å²) in [7, 11) is 0. The minimum Gasteiger partial charge on any atom is -0.436 e. The molecule has 0 atom stereocenters. The average molecular weight is 232 g/mol. The van der Waals surface area contributed by atoms with E-state index < -0.39 is 0 Å². The first-order valence-electron chi connectivity index (χ1n) is 5.73. The van der Waals surface area contributed by atoms with Crippen molar-refractivity contribution in [2.24, 2.45) is 0 Å². The Morgan fingerprint density at radius 3 is 2.94 bits per heavy atom. The number of hydrogen-bond acceptors (Lipinski definition) is 4. The number of nitrogens with zero attached hydrogens (tertiary/aromatic N) is 3. The number of hydrogen-bond donors (Lipinski definition) is 1. The summed E-state index contributed by atoms with van der Waals surface area (Å²) in [6.45, 7) is 5.72. The Balaban J connectivity index is 2.09. The van der Waals surface area contributed by atoms with Crippen LogP contribution in [0.5, 0.6) is 11.6 Å². The molecule has 0 bridgehead atoms. The van der Waals surface area contributed by atoms with Gasteiger partial charge in [-0.3, -0.25) is 4.68 Å². The number of aryl methyl sites for hydroxylation is 1. The third kappa shape index (κ3) is 2.96. The maximum atomic E-state index is 5.61. The van der Waals surface area contributed by atoms with Crippen molar-refractivity contribution in [2.45, 2.75) is 20.4 Å². The van der Waals surface area contributed by atoms with Crippen molar-refractivity contribution in [3.63, 3.8) is 0 Å². The second-order valence-electron chi connectivity index (χ2n) is 3.53. The summed E-state index contributed by atoms with van der Waals surface area (Å²) in [6, 6.07) is 5.64. The average Bonchev–Trinajstić information content (AvgIpc) is 2.78. The van der Waals surface area contributed by atoms with Gasteiger partial charge in [-0.15, -0.1) is 0 Å². The summed E-state index contributed by atoms with van der Waals surface area (Å²) in [5, 5.41) is 7.28. The molecule has 2 heterocycles. The zero-order valence-electron chi connectivity index (χ0n) is 10.1. The predicted molar refractivity (Wildman–Crippen MR) is 66.4 cm³/mol. The summed E-state index contributed by atoms with van der Waals surface area (Å²) in [4.78, 5) is 4.32. The summed E-state index contributed by atoms with van der Waals surface area (Å²) < 4.78 is 7.42. The molecular weight excluding hydrogens is 216 g/mol. The van der Waals surface area contributed by atoms with Gasteiger partial charge in [0.25, 0.3) is 0 Å². The maximum Gasteiger partial charge on any atom is 0.221 e. The van der Waals surface area contributed by atoms with E-state index in [0.29, 0.717) is 11.6 Å². The molecule has 2 rings (SSSR count). The van der Waals surface area contributed by atoms with E-state index in [9.17, 15) is 0 Å². The fourth-order valence-electron chi connectivity index (χ4n) is 1.44. The van der Waals surface area contributed by atoms with Crippen LogP contribution in [0.15, 0.2) is 30.6 Å². The van der Waals surface area contributed by atoms with E-state index in [4.69, 9.17) is 4.74 Å². The Labute approximate surface area is 100 Å². The minimum absolute atomic E-state index is 0.569. The van der Waals surface area contributed by atoms with Crippen molar-refractivity contribution in [2.75, 3.05) is 11.9 Å². The van der Waals surface area contributed by atoms with Crippen LogP contribution in [0.2, 0.25) is 0 Å². The van der Waals surface area contributed by atoms with Gasteiger partial charge in [-0.1, -0.05) is 6.07 Å². The number of nitrogens with one attached hydrogen (secondary N) is 1. The molecule has 0 aromatic carbocycles. The summed E-state index contributed by atoms with van der Waals surface area (Å²) in [6.07, 6.45) is 3.53. The van der Waals surface area contributed by atoms with Crippen LogP contribution in [-0.4, -0.2) is 21.3 Å². The third-order valence-corrected chi connectivity index (χ3v) is 2.24. The van der Waals surface area contributed by atoms with Gasteiger partial charge in [0.1, 0.15) is 5.82 Å². The first kappa shape index (κ1) is 11.4. The van der Waals surface area contributed by atoms with Crippen molar-refractivity contribution >= 4 is 5.82 Å². The number of aromatic nitrogens is 3. The quantitative estimate of drug-likeness (QED) is 0.860. The molecule has 0 radical (unpaired) electrons. The first-order valence-corrected chi connectivity index (χ1v) is 5.73. The molecule has 0 saturated carbocycles. The molecule has 90 valence electrons. The number of rotatable bonds is 5. The zero-order valence-corrected chi connectivity index (χ0v) is 10.1. The van der Waals surface area contributed by atoms with Gasteiger partial charge < -0.3 is 10.1 Å². The lowest BCUT2D eigenvalue weighted by molar-refractivity contribution is 0.462. The van der Waals surface area contributed by atoms with Crippen LogP contribution in [0.25, 0.3) is 0 Å². The van der Waals surface area contributed by atoms with Gasteiger partial charge in [-0.2, -0.15) is 10.1 Å². The Bertz CT molecular complexity index is 481. The van der Waals surface area contributed by atoms with E-state index in [2.05, 4.69) is 15.4 Å². The molecule has 1 N–H and O–H groups in total. The molecule has 5 heteroatoms. The van der Waals surface area contributed by atoms with Crippen LogP contribution in [0.4, 0.5) is 5.82 Å². The van der Waals surface area contributed by atoms with E-state index in [-0.39, 0.29) is 0 Å². The zero-order chi connectivity index (χ0) is 12.1. The summed E-state index contributed by atoms with van der Waals surface area (Å²) in [5.41, 5.74) is 0. The van der Waals surface area contributed by atoms with E-state index in [1.165, 1.54) is 0 Å². The molecule has 0 saturated heterocycles. The van der Waals surface area contributed by atoms with Crippen molar-refractivity contribution in [1.82, 2.24) is 14.8 Å². The van der Waals surface area contributed by atoms with Gasteiger partial charge in [0.2, 0.25) is 5.88 Å². The predicted octanol–water partition coefficient (Wildman–Crippen LogP) is 2.52. The molecule has 0 aliphatic carbocycles. The third-order valence-electron chi connectivity index (χ3n) is 2.24. The molecule has 2 aromatic rings. The lowest BCUT2D eigenvalue weighted by Gasteiger charge is -2.05. The van der Waals surface area contributed by atoms with Crippen molar-refractivity contribution in [1.29, 1.82) is 0 Å². The molecule has 17 heavy (non-hydrogen) atoms. The molecule has 0 unspecified atom stereocenters. The second kappa shape index (κ2) is 5.34. The first-order chi connectivity index (χ1) is 8.31. The van der Waals surface area contributed by atoms with Crippen molar-refractivity contribution in [3.8, 4) is 11.6 Å². The molecule has 5 nitrogen and oxygen atoms in total. The Kier molecular flexibility index (Phi) is 3.59. The minimum atomic E-state index is 0.569. The lowest BCUT2D eigenvalue weighted by atomic mass is 10.4. The lowest BCUT2D eigenvalue weighted by Crippen LogP contribution is -1.99. The van der Waals surface area contributed by atoms with E-state index in [1.54, 1.807) is 6.20 Å². The topological polar surface area (TPSA) is 52.0 Å². The highest BCUT2D eigenvalue weighted by atomic mass is 16.5. The van der Waals surface area contributed by atoms with Crippen LogP contribution >= 0.6 is 0 Å². The van der Waals surface area contributed by atoms with Gasteiger partial charge in [0.05, 0.1) is 12.4 Å². The van der Waals surface area contributed by atoms with Gasteiger partial charge in [-0.05, 0) is 19.9 Å². The van der Waals surface area contributed by atoms with E-state index >= 15 is 0 Å². The molecule has 0 spiro atoms. The van der Waals surface area contributed by atoms with Crippen molar-refractivity contribution in [3.05, 3.63) is 30.6 Å². The largest absolute Gasteiger partial charge is 0.436 e. The van der Waals surface area contributed by atoms with Crippen LogP contribution < -0.4 is 10.1 Å². The van der Waals surface area contributed by atoms with Crippen LogP contribution in [0.3, 0.4) is 0 Å². The van der Waals surface area contributed by atoms with Crippen LogP contribution in [-0.2, 0) is 6.54 Å². The van der Waals surface area contributed by atoms with E-state index in [0.717, 1.165) is 18.9 Å². The number of anilines is 1. The molecule has 0 aliphatic heterocycles. The standard InChI is InChI=1S/C12H16N4O/c1-3-13-11-6-5-7-12(15-11)17-10-8-14-16(4-2)9-10/h5-9H,3-4H2,1-2H3,(H,13,15). The van der Waals surface area contributed by atoms with Crippen LogP contribution in [0.1, 0.15) is 13.8 Å². The number of pyridine rings is 1. The highest BCUT2D eigenvalue weighted by Gasteiger charge is 2.02.